The third kappa shape index (κ3) is 4.49. The quantitative estimate of drug-likeness (QED) is 0.710. The van der Waals surface area contributed by atoms with Gasteiger partial charge in [-0.2, -0.15) is 0 Å². The first kappa shape index (κ1) is 21.8. The lowest BCUT2D eigenvalue weighted by Crippen LogP contribution is -2.54. The number of hydrogen-bond donors (Lipinski definition) is 1. The van der Waals surface area contributed by atoms with Gasteiger partial charge in [-0.05, 0) is 48.3 Å². The molecular weight excluding hydrogens is 434 g/mol. The van der Waals surface area contributed by atoms with Gasteiger partial charge in [0.05, 0.1) is 18.8 Å². The number of fused-ring (bicyclic) bond motifs is 1. The van der Waals surface area contributed by atoms with Gasteiger partial charge in [0.2, 0.25) is 5.91 Å². The van der Waals surface area contributed by atoms with Crippen LogP contribution in [0.2, 0.25) is 0 Å². The smallest absolute Gasteiger partial charge is 0.407 e. The number of ether oxygens (including phenoxy) is 1. The van der Waals surface area contributed by atoms with Crippen molar-refractivity contribution in [3.8, 4) is 0 Å². The molecule has 1 aromatic carbocycles. The number of nitrogens with one attached hydrogen (secondary N) is 1. The molecule has 0 aromatic heterocycles. The van der Waals surface area contributed by atoms with Crippen molar-refractivity contribution in [1.82, 2.24) is 10.2 Å². The normalized spacial score (nSPS) is 21.4. The Balaban J connectivity index is 1.90. The van der Waals surface area contributed by atoms with Crippen molar-refractivity contribution in [2.75, 3.05) is 13.7 Å². The summed E-state index contributed by atoms with van der Waals surface area (Å²) >= 11 is 3.55. The van der Waals surface area contributed by atoms with Gasteiger partial charge in [-0.15, -0.1) is 0 Å². The molecule has 2 atom stereocenters. The minimum atomic E-state index is -0.610. The number of carbonyl (C=O) groups excluding carboxylic acids is 2. The lowest BCUT2D eigenvalue weighted by Gasteiger charge is -2.37. The zero-order chi connectivity index (χ0) is 21.3. The summed E-state index contributed by atoms with van der Waals surface area (Å²) in [5.74, 6) is -0.0993. The second kappa shape index (κ2) is 8.46. The molecule has 0 saturated carbocycles. The Morgan fingerprint density at radius 2 is 2.07 bits per heavy atom. The van der Waals surface area contributed by atoms with Crippen LogP contribution in [0.15, 0.2) is 27.7 Å². The number of alkyl carbamates (subject to hydrolysis) is 1. The van der Waals surface area contributed by atoms with Crippen LogP contribution in [-0.2, 0) is 14.9 Å². The first-order valence-corrected chi connectivity index (χ1v) is 11.0. The van der Waals surface area contributed by atoms with Crippen LogP contribution in [0.1, 0.15) is 52.5 Å². The minimum absolute atomic E-state index is 0.0328. The van der Waals surface area contributed by atoms with Gasteiger partial charge in [-0.3, -0.25) is 9.79 Å². The highest BCUT2D eigenvalue weighted by atomic mass is 79.9. The number of hydrogen-bond acceptors (Lipinski definition) is 4. The van der Waals surface area contributed by atoms with E-state index in [1.165, 1.54) is 12.7 Å². The fourth-order valence-corrected chi connectivity index (χ4v) is 4.71. The highest BCUT2D eigenvalue weighted by Crippen LogP contribution is 2.42. The number of nitrogens with zero attached hydrogens (tertiary/aromatic N) is 2. The van der Waals surface area contributed by atoms with Gasteiger partial charge in [-0.25, -0.2) is 4.79 Å². The molecule has 1 saturated heterocycles. The van der Waals surface area contributed by atoms with Crippen LogP contribution in [0, 0.1) is 5.92 Å². The number of carbonyl (C=O) groups is 2. The van der Waals surface area contributed by atoms with E-state index in [0.29, 0.717) is 6.54 Å². The standard InChI is InChI=1S/C22H30BrN3O3/c1-13(2)19(25-21(28)29-5)20(27)26-10-6-7-18(26)17-12-22(3,4)15-9-8-14(23)11-16(15)24-17/h8-9,11,13,18-19H,6-7,10,12H2,1-5H3,(H,25,28)/t18-,19-/m0/s1. The second-order valence-corrected chi connectivity index (χ2v) is 9.79. The SMILES string of the molecule is COC(=O)N[C@H](C(=O)N1CCC[C@H]1C1=Nc2cc(Br)ccc2C(C)(C)C1)C(C)C. The molecule has 0 radical (unpaired) electrons. The molecule has 2 amide bonds. The predicted molar refractivity (Wildman–Crippen MR) is 118 cm³/mol. The van der Waals surface area contributed by atoms with Gasteiger partial charge >= 0.3 is 6.09 Å². The number of rotatable bonds is 4. The zero-order valence-electron chi connectivity index (χ0n) is 17.8. The Morgan fingerprint density at radius 1 is 1.34 bits per heavy atom. The first-order valence-electron chi connectivity index (χ1n) is 10.2. The Kier molecular flexibility index (Phi) is 6.36. The van der Waals surface area contributed by atoms with E-state index < -0.39 is 12.1 Å². The van der Waals surface area contributed by atoms with E-state index in [1.54, 1.807) is 0 Å². The summed E-state index contributed by atoms with van der Waals surface area (Å²) in [6.45, 7) is 8.99. The van der Waals surface area contributed by atoms with E-state index in [0.717, 1.165) is 35.1 Å². The Morgan fingerprint density at radius 3 is 2.72 bits per heavy atom. The fraction of sp³-hybridized carbons (Fsp3) is 0.591. The van der Waals surface area contributed by atoms with Gasteiger partial charge in [0.25, 0.3) is 0 Å². The molecule has 0 bridgehead atoms. The zero-order valence-corrected chi connectivity index (χ0v) is 19.4. The molecule has 2 heterocycles. The van der Waals surface area contributed by atoms with E-state index in [1.807, 2.05) is 24.8 Å². The van der Waals surface area contributed by atoms with Crippen LogP contribution in [-0.4, -0.2) is 48.4 Å². The first-order chi connectivity index (χ1) is 13.6. The molecule has 6 nitrogen and oxygen atoms in total. The van der Waals surface area contributed by atoms with Crippen LogP contribution in [0.5, 0.6) is 0 Å². The molecule has 158 valence electrons. The number of methoxy groups -OCH3 is 1. The number of benzene rings is 1. The van der Waals surface area contributed by atoms with Crippen molar-refractivity contribution in [1.29, 1.82) is 0 Å². The van der Waals surface area contributed by atoms with Crippen molar-refractivity contribution in [2.45, 2.75) is 64.5 Å². The van der Waals surface area contributed by atoms with E-state index in [9.17, 15) is 9.59 Å². The Hall–Kier alpha value is -1.89. The monoisotopic (exact) mass is 463 g/mol. The van der Waals surface area contributed by atoms with Crippen LogP contribution in [0.3, 0.4) is 0 Å². The summed E-state index contributed by atoms with van der Waals surface area (Å²) in [5.41, 5.74) is 3.20. The van der Waals surface area contributed by atoms with E-state index in [-0.39, 0.29) is 23.3 Å². The molecule has 7 heteroatoms. The molecule has 2 aliphatic rings. The molecule has 1 fully saturated rings. The molecule has 2 aliphatic heterocycles. The maximum absolute atomic E-state index is 13.3. The summed E-state index contributed by atoms with van der Waals surface area (Å²) in [4.78, 5) is 32.0. The van der Waals surface area contributed by atoms with Gasteiger partial charge in [0, 0.05) is 16.7 Å². The third-order valence-electron chi connectivity index (χ3n) is 5.89. The average molecular weight is 464 g/mol. The van der Waals surface area contributed by atoms with Gasteiger partial charge in [0.15, 0.2) is 0 Å². The highest BCUT2D eigenvalue weighted by molar-refractivity contribution is 9.10. The molecular formula is C22H30BrN3O3. The van der Waals surface area contributed by atoms with E-state index in [4.69, 9.17) is 9.73 Å². The number of aliphatic imine (C=N–C) groups is 1. The van der Waals surface area contributed by atoms with Gasteiger partial charge in [0.1, 0.15) is 6.04 Å². The van der Waals surface area contributed by atoms with Crippen LogP contribution < -0.4 is 5.32 Å². The summed E-state index contributed by atoms with van der Waals surface area (Å²) in [6, 6.07) is 5.59. The molecule has 1 aromatic rings. The topological polar surface area (TPSA) is 71.0 Å². The fourth-order valence-electron chi connectivity index (χ4n) is 4.36. The van der Waals surface area contributed by atoms with E-state index >= 15 is 0 Å². The van der Waals surface area contributed by atoms with Crippen LogP contribution >= 0.6 is 15.9 Å². The van der Waals surface area contributed by atoms with Gasteiger partial charge in [-0.1, -0.05) is 49.7 Å². The summed E-state index contributed by atoms with van der Waals surface area (Å²) in [6.07, 6.45) is 2.06. The number of amides is 2. The molecule has 1 N–H and O–H groups in total. The third-order valence-corrected chi connectivity index (χ3v) is 6.38. The van der Waals surface area contributed by atoms with Crippen LogP contribution in [0.4, 0.5) is 10.5 Å². The predicted octanol–water partition coefficient (Wildman–Crippen LogP) is 4.57. The molecule has 0 spiro atoms. The Labute approximate surface area is 181 Å². The molecule has 3 rings (SSSR count). The maximum atomic E-state index is 13.3. The van der Waals surface area contributed by atoms with Crippen molar-refractivity contribution in [3.63, 3.8) is 0 Å². The maximum Gasteiger partial charge on any atom is 0.407 e. The Bertz CT molecular complexity index is 835. The highest BCUT2D eigenvalue weighted by Gasteiger charge is 2.41. The number of likely N-dealkylation sites (tertiary alicyclic amines) is 1. The minimum Gasteiger partial charge on any atom is -0.453 e. The summed E-state index contributed by atoms with van der Waals surface area (Å²) < 4.78 is 5.71. The number of halogens is 1. The van der Waals surface area contributed by atoms with E-state index in [2.05, 4.69) is 47.2 Å². The van der Waals surface area contributed by atoms with Crippen LogP contribution in [0.25, 0.3) is 0 Å². The lowest BCUT2D eigenvalue weighted by atomic mass is 9.76. The van der Waals surface area contributed by atoms with Crippen molar-refractivity contribution < 1.29 is 14.3 Å². The summed E-state index contributed by atoms with van der Waals surface area (Å²) in [5, 5.41) is 2.71. The summed E-state index contributed by atoms with van der Waals surface area (Å²) in [7, 11) is 1.31. The lowest BCUT2D eigenvalue weighted by molar-refractivity contribution is -0.134. The van der Waals surface area contributed by atoms with Gasteiger partial charge < -0.3 is 15.0 Å². The molecule has 0 aliphatic carbocycles. The van der Waals surface area contributed by atoms with Crippen molar-refractivity contribution in [3.05, 3.63) is 28.2 Å². The average Bonchev–Trinajstić information content (AvgIpc) is 3.13. The van der Waals surface area contributed by atoms with Crippen molar-refractivity contribution in [2.24, 2.45) is 10.9 Å². The van der Waals surface area contributed by atoms with Crippen molar-refractivity contribution >= 4 is 39.3 Å². The second-order valence-electron chi connectivity index (χ2n) is 8.87. The molecule has 0 unspecified atom stereocenters. The molecule has 29 heavy (non-hydrogen) atoms. The largest absolute Gasteiger partial charge is 0.453 e.